The summed E-state index contributed by atoms with van der Waals surface area (Å²) in [5.74, 6) is 0. The zero-order chi connectivity index (χ0) is 5.70. The molecule has 40 valence electrons. The number of hydrogen-bond donors (Lipinski definition) is 1. The third-order valence-corrected chi connectivity index (χ3v) is 0.538. The van der Waals surface area contributed by atoms with Gasteiger partial charge in [0.2, 0.25) is 0 Å². The van der Waals surface area contributed by atoms with Crippen LogP contribution in [0.5, 0.6) is 0 Å². The maximum Gasteiger partial charge on any atom is 0.0110 e. The van der Waals surface area contributed by atoms with E-state index < -0.39 is 0 Å². The van der Waals surface area contributed by atoms with Crippen molar-refractivity contribution in [1.29, 1.82) is 0 Å². The van der Waals surface area contributed by atoms with Gasteiger partial charge in [0.05, 0.1) is 0 Å². The van der Waals surface area contributed by atoms with Crippen molar-refractivity contribution in [3.63, 3.8) is 0 Å². The van der Waals surface area contributed by atoms with Crippen molar-refractivity contribution in [2.24, 2.45) is 5.73 Å². The maximum atomic E-state index is 5.15. The van der Waals surface area contributed by atoms with Crippen LogP contribution in [0.4, 0.5) is 0 Å². The summed E-state index contributed by atoms with van der Waals surface area (Å²) in [6.07, 6.45) is 3.78. The van der Waals surface area contributed by atoms with Crippen LogP contribution in [0.3, 0.4) is 0 Å². The lowest BCUT2D eigenvalue weighted by atomic mass is 10.3. The van der Waals surface area contributed by atoms with Gasteiger partial charge in [-0.15, -0.1) is 0 Å². The summed E-state index contributed by atoms with van der Waals surface area (Å²) in [5.41, 5.74) is 6.20. The molecule has 0 aliphatic carbocycles. The van der Waals surface area contributed by atoms with E-state index in [1.165, 1.54) is 0 Å². The van der Waals surface area contributed by atoms with Crippen molar-refractivity contribution in [2.45, 2.75) is 6.92 Å². The molecule has 0 fully saturated rings. The van der Waals surface area contributed by atoms with E-state index in [-0.39, 0.29) is 0 Å². The van der Waals surface area contributed by atoms with Crippen LogP contribution in [-0.4, -0.2) is 6.54 Å². The molecule has 0 heterocycles. The van der Waals surface area contributed by atoms with E-state index in [9.17, 15) is 0 Å². The number of nitrogens with two attached hydrogens (primary N) is 1. The summed E-state index contributed by atoms with van der Waals surface area (Å²) in [7, 11) is 0. The molecule has 2 N–H and O–H groups in total. The van der Waals surface area contributed by atoms with Crippen molar-refractivity contribution >= 4 is 0 Å². The molecule has 0 saturated heterocycles. The van der Waals surface area contributed by atoms with Gasteiger partial charge >= 0.3 is 0 Å². The van der Waals surface area contributed by atoms with Gasteiger partial charge in [-0.1, -0.05) is 24.3 Å². The minimum Gasteiger partial charge on any atom is -0.327 e. The average Bonchev–Trinajstić information content (AvgIpc) is 1.61. The summed E-state index contributed by atoms with van der Waals surface area (Å²) in [4.78, 5) is 0. The Morgan fingerprint density at radius 1 is 1.86 bits per heavy atom. The van der Waals surface area contributed by atoms with E-state index in [4.69, 9.17) is 5.73 Å². The first-order chi connectivity index (χ1) is 3.27. The SMILES string of the molecule is C=C(C)C=CCN. The second-order valence-electron chi connectivity index (χ2n) is 1.48. The fourth-order valence-corrected chi connectivity index (χ4v) is 0.269. The molecule has 0 saturated carbocycles. The average molecular weight is 97.2 g/mol. The molecular weight excluding hydrogens is 86.1 g/mol. The van der Waals surface area contributed by atoms with Crippen molar-refractivity contribution in [1.82, 2.24) is 0 Å². The smallest absolute Gasteiger partial charge is 0.0110 e. The van der Waals surface area contributed by atoms with Crippen LogP contribution in [0, 0.1) is 0 Å². The zero-order valence-electron chi connectivity index (χ0n) is 4.65. The van der Waals surface area contributed by atoms with E-state index in [0.29, 0.717) is 6.54 Å². The molecule has 1 nitrogen and oxygen atoms in total. The first-order valence-corrected chi connectivity index (χ1v) is 2.29. The predicted molar refractivity (Wildman–Crippen MR) is 33.0 cm³/mol. The summed E-state index contributed by atoms with van der Waals surface area (Å²) in [5, 5.41) is 0. The number of rotatable bonds is 2. The Kier molecular flexibility index (Phi) is 3.33. The molecule has 0 aromatic heterocycles. The quantitative estimate of drug-likeness (QED) is 0.512. The van der Waals surface area contributed by atoms with Crippen LogP contribution in [0.2, 0.25) is 0 Å². The molecule has 0 aromatic carbocycles. The van der Waals surface area contributed by atoms with Crippen LogP contribution in [-0.2, 0) is 0 Å². The molecule has 0 amide bonds. The predicted octanol–water partition coefficient (Wildman–Crippen LogP) is 1.08. The van der Waals surface area contributed by atoms with Gasteiger partial charge in [-0.05, 0) is 6.92 Å². The first kappa shape index (κ1) is 6.44. The summed E-state index contributed by atoms with van der Waals surface area (Å²) in [6.45, 7) is 6.19. The van der Waals surface area contributed by atoms with Gasteiger partial charge in [-0.2, -0.15) is 0 Å². The molecule has 7 heavy (non-hydrogen) atoms. The molecule has 0 rings (SSSR count). The van der Waals surface area contributed by atoms with Gasteiger partial charge < -0.3 is 5.73 Å². The highest BCUT2D eigenvalue weighted by Gasteiger charge is 1.67. The van der Waals surface area contributed by atoms with Crippen molar-refractivity contribution in [3.8, 4) is 0 Å². The zero-order valence-corrected chi connectivity index (χ0v) is 4.65. The van der Waals surface area contributed by atoms with Gasteiger partial charge in [-0.3, -0.25) is 0 Å². The first-order valence-electron chi connectivity index (χ1n) is 2.29. The monoisotopic (exact) mass is 97.1 g/mol. The third-order valence-electron chi connectivity index (χ3n) is 0.538. The summed E-state index contributed by atoms with van der Waals surface area (Å²) >= 11 is 0. The van der Waals surface area contributed by atoms with E-state index in [1.54, 1.807) is 0 Å². The van der Waals surface area contributed by atoms with E-state index >= 15 is 0 Å². The molecular formula is C6H11N. The molecule has 1 heteroatoms. The van der Waals surface area contributed by atoms with Gasteiger partial charge in [-0.25, -0.2) is 0 Å². The second kappa shape index (κ2) is 3.62. The van der Waals surface area contributed by atoms with Crippen molar-refractivity contribution < 1.29 is 0 Å². The lowest BCUT2D eigenvalue weighted by molar-refractivity contribution is 1.25. The van der Waals surface area contributed by atoms with Crippen LogP contribution in [0.1, 0.15) is 6.92 Å². The van der Waals surface area contributed by atoms with Gasteiger partial charge in [0.1, 0.15) is 0 Å². The number of allylic oxidation sites excluding steroid dienone is 2. The topological polar surface area (TPSA) is 26.0 Å². The third kappa shape index (κ3) is 5.44. The lowest BCUT2D eigenvalue weighted by Crippen LogP contribution is -1.91. The highest BCUT2D eigenvalue weighted by Crippen LogP contribution is 1.85. The lowest BCUT2D eigenvalue weighted by Gasteiger charge is -1.80. The Morgan fingerprint density at radius 3 is 2.57 bits per heavy atom. The van der Waals surface area contributed by atoms with Crippen LogP contribution < -0.4 is 5.73 Å². The second-order valence-corrected chi connectivity index (χ2v) is 1.48. The molecule has 0 unspecified atom stereocenters. The Hall–Kier alpha value is -0.560. The molecule has 0 atom stereocenters. The van der Waals surface area contributed by atoms with E-state index in [1.807, 2.05) is 19.1 Å². The fraction of sp³-hybridized carbons (Fsp3) is 0.333. The van der Waals surface area contributed by atoms with E-state index in [0.717, 1.165) is 5.57 Å². The Balaban J connectivity index is 3.26. The molecule has 0 aliphatic rings. The van der Waals surface area contributed by atoms with Gasteiger partial charge in [0.25, 0.3) is 0 Å². The fourth-order valence-electron chi connectivity index (χ4n) is 0.269. The maximum absolute atomic E-state index is 5.15. The Labute approximate surface area is 44.5 Å². The normalized spacial score (nSPS) is 10.0. The molecule has 0 spiro atoms. The van der Waals surface area contributed by atoms with Crippen LogP contribution in [0.15, 0.2) is 24.3 Å². The molecule has 0 aliphatic heterocycles. The van der Waals surface area contributed by atoms with Crippen molar-refractivity contribution in [2.75, 3.05) is 6.54 Å². The minimum atomic E-state index is 0.604. The highest BCUT2D eigenvalue weighted by molar-refractivity contribution is 5.10. The standard InChI is InChI=1S/C6H11N/c1-6(2)4-3-5-7/h3-4H,1,5,7H2,2H3. The van der Waals surface area contributed by atoms with E-state index in [2.05, 4.69) is 6.58 Å². The molecule has 0 aromatic rings. The molecule has 0 radical (unpaired) electrons. The molecule has 0 bridgehead atoms. The Bertz CT molecular complexity index is 82.2. The van der Waals surface area contributed by atoms with Crippen LogP contribution in [0.25, 0.3) is 0 Å². The van der Waals surface area contributed by atoms with Crippen molar-refractivity contribution in [3.05, 3.63) is 24.3 Å². The summed E-state index contributed by atoms with van der Waals surface area (Å²) < 4.78 is 0. The largest absolute Gasteiger partial charge is 0.327 e. The van der Waals surface area contributed by atoms with Gasteiger partial charge in [0.15, 0.2) is 0 Å². The minimum absolute atomic E-state index is 0.604. The highest BCUT2D eigenvalue weighted by atomic mass is 14.5. The summed E-state index contributed by atoms with van der Waals surface area (Å²) in [6, 6.07) is 0. The Morgan fingerprint density at radius 2 is 2.43 bits per heavy atom. The van der Waals surface area contributed by atoms with Gasteiger partial charge in [0, 0.05) is 6.54 Å². The number of hydrogen-bond acceptors (Lipinski definition) is 1. The van der Waals surface area contributed by atoms with Crippen LogP contribution >= 0.6 is 0 Å².